The number of benzene rings is 2. The Labute approximate surface area is 138 Å². The van der Waals surface area contributed by atoms with E-state index in [1.54, 1.807) is 35.7 Å². The lowest BCUT2D eigenvalue weighted by Crippen LogP contribution is -1.90. The smallest absolute Gasteiger partial charge is 0.124 e. The zero-order valence-electron chi connectivity index (χ0n) is 12.6. The van der Waals surface area contributed by atoms with Crippen LogP contribution in [-0.4, -0.2) is 15.2 Å². The van der Waals surface area contributed by atoms with E-state index >= 15 is 0 Å². The summed E-state index contributed by atoms with van der Waals surface area (Å²) in [5, 5.41) is 22.5. The van der Waals surface area contributed by atoms with Gasteiger partial charge in [-0.15, -0.1) is 11.3 Å². The van der Waals surface area contributed by atoms with Crippen LogP contribution in [0.5, 0.6) is 11.5 Å². The maximum atomic E-state index is 10.0. The summed E-state index contributed by atoms with van der Waals surface area (Å²) in [7, 11) is 0. The van der Waals surface area contributed by atoms with Crippen LogP contribution in [-0.2, 0) is 6.42 Å². The summed E-state index contributed by atoms with van der Waals surface area (Å²) >= 11 is 1.60. The van der Waals surface area contributed by atoms with Crippen molar-refractivity contribution in [2.24, 2.45) is 0 Å². The molecule has 0 radical (unpaired) electrons. The van der Waals surface area contributed by atoms with Gasteiger partial charge in [0.25, 0.3) is 0 Å². The van der Waals surface area contributed by atoms with Crippen LogP contribution in [0.2, 0.25) is 0 Å². The Morgan fingerprint density at radius 3 is 2.52 bits per heavy atom. The summed E-state index contributed by atoms with van der Waals surface area (Å²) in [6.07, 6.45) is 2.61. The molecule has 0 aliphatic heterocycles. The Hall–Kier alpha value is -2.59. The Balaban J connectivity index is 1.98. The monoisotopic (exact) mass is 321 g/mol. The van der Waals surface area contributed by atoms with Crippen molar-refractivity contribution < 1.29 is 10.2 Å². The van der Waals surface area contributed by atoms with Gasteiger partial charge in [0.05, 0.1) is 0 Å². The zero-order chi connectivity index (χ0) is 16.0. The highest BCUT2D eigenvalue weighted by Crippen LogP contribution is 2.45. The molecule has 0 unspecified atom stereocenters. The normalized spacial score (nSPS) is 13.4. The number of allylic oxidation sites excluding steroid dienone is 1. The predicted octanol–water partition coefficient (Wildman–Crippen LogP) is 4.38. The number of aromatic nitrogens is 1. The number of aromatic hydroxyl groups is 2. The summed E-state index contributed by atoms with van der Waals surface area (Å²) in [5.41, 5.74) is 6.71. The lowest BCUT2D eigenvalue weighted by molar-refractivity contribution is 0.474. The molecule has 0 fully saturated rings. The average molecular weight is 321 g/mol. The van der Waals surface area contributed by atoms with E-state index in [0.29, 0.717) is 0 Å². The number of rotatable bonds is 2. The van der Waals surface area contributed by atoms with Crippen LogP contribution in [0.25, 0.3) is 11.1 Å². The first-order valence-electron chi connectivity index (χ1n) is 7.39. The fourth-order valence-electron chi connectivity index (χ4n) is 3.18. The molecule has 0 saturated heterocycles. The van der Waals surface area contributed by atoms with Crippen molar-refractivity contribution in [1.82, 2.24) is 4.98 Å². The summed E-state index contributed by atoms with van der Waals surface area (Å²) < 4.78 is 0. The number of phenolic OH excluding ortho intramolecular Hbond substituents is 2. The average Bonchev–Trinajstić information content (AvgIpc) is 3.14. The van der Waals surface area contributed by atoms with Gasteiger partial charge in [0.2, 0.25) is 0 Å². The minimum Gasteiger partial charge on any atom is -0.508 e. The first-order valence-corrected chi connectivity index (χ1v) is 8.27. The molecule has 0 saturated carbocycles. The molecule has 0 bridgehead atoms. The first-order chi connectivity index (χ1) is 11.1. The molecular formula is C19H15NO2S. The third kappa shape index (κ3) is 2.32. The zero-order valence-corrected chi connectivity index (χ0v) is 13.4. The molecule has 2 N–H and O–H groups in total. The highest BCUT2D eigenvalue weighted by atomic mass is 32.1. The molecule has 114 valence electrons. The molecule has 0 spiro atoms. The fourth-order valence-corrected chi connectivity index (χ4v) is 3.91. The van der Waals surface area contributed by atoms with Crippen molar-refractivity contribution in [2.75, 3.05) is 0 Å². The van der Waals surface area contributed by atoms with E-state index in [9.17, 15) is 10.2 Å². The molecule has 1 heterocycles. The standard InChI is InChI=1S/C19H15NO2S/c1-11-8-14(22)9-17-15(11)10-16(12-2-4-13(21)5-3-12)18(17)19-20-6-7-23-19/h2-9,21-22H,10H2,1H3. The molecule has 1 aliphatic rings. The minimum atomic E-state index is 0.259. The Morgan fingerprint density at radius 2 is 1.83 bits per heavy atom. The number of hydrogen-bond acceptors (Lipinski definition) is 4. The van der Waals surface area contributed by atoms with E-state index < -0.39 is 0 Å². The molecule has 0 atom stereocenters. The van der Waals surface area contributed by atoms with E-state index in [4.69, 9.17) is 0 Å². The van der Waals surface area contributed by atoms with Gasteiger partial charge < -0.3 is 10.2 Å². The summed E-state index contributed by atoms with van der Waals surface area (Å²) in [5.74, 6) is 0.539. The quantitative estimate of drug-likeness (QED) is 0.736. The molecule has 23 heavy (non-hydrogen) atoms. The number of fused-ring (bicyclic) bond motifs is 1. The van der Waals surface area contributed by atoms with Gasteiger partial charge in [-0.05, 0) is 65.4 Å². The topological polar surface area (TPSA) is 53.4 Å². The van der Waals surface area contributed by atoms with Crippen LogP contribution in [0, 0.1) is 6.92 Å². The second-order valence-corrected chi connectivity index (χ2v) is 6.60. The largest absolute Gasteiger partial charge is 0.508 e. The van der Waals surface area contributed by atoms with Crippen LogP contribution >= 0.6 is 11.3 Å². The lowest BCUT2D eigenvalue weighted by Gasteiger charge is -2.07. The van der Waals surface area contributed by atoms with Crippen LogP contribution in [0.3, 0.4) is 0 Å². The van der Waals surface area contributed by atoms with Gasteiger partial charge in [-0.2, -0.15) is 0 Å². The third-order valence-electron chi connectivity index (χ3n) is 4.24. The fraction of sp³-hybridized carbons (Fsp3) is 0.105. The lowest BCUT2D eigenvalue weighted by atomic mass is 10.0. The van der Waals surface area contributed by atoms with Gasteiger partial charge >= 0.3 is 0 Å². The molecule has 3 nitrogen and oxygen atoms in total. The number of aryl methyl sites for hydroxylation is 1. The van der Waals surface area contributed by atoms with Crippen molar-refractivity contribution in [3.8, 4) is 11.5 Å². The molecule has 1 aromatic heterocycles. The molecule has 4 heteroatoms. The van der Waals surface area contributed by atoms with Gasteiger partial charge in [0.15, 0.2) is 0 Å². The summed E-state index contributed by atoms with van der Waals surface area (Å²) in [6, 6.07) is 10.9. The molecule has 3 aromatic rings. The Kier molecular flexibility index (Phi) is 3.20. The van der Waals surface area contributed by atoms with Crippen molar-refractivity contribution in [2.45, 2.75) is 13.3 Å². The molecule has 1 aliphatic carbocycles. The van der Waals surface area contributed by atoms with Crippen LogP contribution in [0.1, 0.15) is 27.3 Å². The van der Waals surface area contributed by atoms with Crippen LogP contribution in [0.15, 0.2) is 48.0 Å². The summed E-state index contributed by atoms with van der Waals surface area (Å²) in [6.45, 7) is 2.03. The molecule has 0 amide bonds. The number of nitrogens with zero attached hydrogens (tertiary/aromatic N) is 1. The van der Waals surface area contributed by atoms with Crippen molar-refractivity contribution >= 4 is 22.5 Å². The highest BCUT2D eigenvalue weighted by Gasteiger charge is 2.27. The van der Waals surface area contributed by atoms with Gasteiger partial charge in [-0.25, -0.2) is 4.98 Å². The van der Waals surface area contributed by atoms with Crippen molar-refractivity contribution in [3.63, 3.8) is 0 Å². The number of phenols is 2. The van der Waals surface area contributed by atoms with Crippen molar-refractivity contribution in [1.29, 1.82) is 0 Å². The number of thiazole rings is 1. The number of hydrogen-bond donors (Lipinski definition) is 2. The second kappa shape index (κ2) is 5.25. The van der Waals surface area contributed by atoms with E-state index in [0.717, 1.165) is 33.7 Å². The molecule has 2 aromatic carbocycles. The third-order valence-corrected chi connectivity index (χ3v) is 5.03. The second-order valence-electron chi connectivity index (χ2n) is 5.70. The van der Waals surface area contributed by atoms with Gasteiger partial charge in [0.1, 0.15) is 16.5 Å². The Morgan fingerprint density at radius 1 is 1.04 bits per heavy atom. The van der Waals surface area contributed by atoms with E-state index in [1.807, 2.05) is 30.5 Å². The maximum Gasteiger partial charge on any atom is 0.124 e. The SMILES string of the molecule is Cc1cc(O)cc2c1CC(c1ccc(O)cc1)=C2c1nccs1. The minimum absolute atomic E-state index is 0.259. The van der Waals surface area contributed by atoms with Crippen LogP contribution < -0.4 is 0 Å². The van der Waals surface area contributed by atoms with Gasteiger partial charge in [-0.1, -0.05) is 12.1 Å². The molecule has 4 rings (SSSR count). The summed E-state index contributed by atoms with van der Waals surface area (Å²) in [4.78, 5) is 4.48. The molecular weight excluding hydrogens is 306 g/mol. The van der Waals surface area contributed by atoms with E-state index in [-0.39, 0.29) is 11.5 Å². The van der Waals surface area contributed by atoms with Crippen molar-refractivity contribution in [3.05, 3.63) is 75.2 Å². The first kappa shape index (κ1) is 14.0. The van der Waals surface area contributed by atoms with Gasteiger partial charge in [0, 0.05) is 17.2 Å². The predicted molar refractivity (Wildman–Crippen MR) is 92.7 cm³/mol. The van der Waals surface area contributed by atoms with E-state index in [2.05, 4.69) is 4.98 Å². The van der Waals surface area contributed by atoms with E-state index in [1.165, 1.54) is 11.1 Å². The maximum absolute atomic E-state index is 10.0. The Bertz CT molecular complexity index is 909. The van der Waals surface area contributed by atoms with Gasteiger partial charge in [-0.3, -0.25) is 0 Å². The van der Waals surface area contributed by atoms with Crippen LogP contribution in [0.4, 0.5) is 0 Å². The highest BCUT2D eigenvalue weighted by molar-refractivity contribution is 7.10.